The number of aromatic nitrogens is 1. The van der Waals surface area contributed by atoms with Gasteiger partial charge >= 0.3 is 5.97 Å². The molecule has 1 unspecified atom stereocenters. The van der Waals surface area contributed by atoms with E-state index >= 15 is 0 Å². The molecule has 33 heavy (non-hydrogen) atoms. The second-order valence-corrected chi connectivity index (χ2v) is 7.88. The highest BCUT2D eigenvalue weighted by atomic mass is 16.5. The van der Waals surface area contributed by atoms with Gasteiger partial charge in [-0.1, -0.05) is 67.6 Å². The maximum Gasteiger partial charge on any atom is 0.337 e. The van der Waals surface area contributed by atoms with Gasteiger partial charge in [-0.3, -0.25) is 9.78 Å². The van der Waals surface area contributed by atoms with Crippen molar-refractivity contribution in [1.82, 2.24) is 9.88 Å². The topological polar surface area (TPSA) is 59.5 Å². The number of amides is 1. The van der Waals surface area contributed by atoms with Gasteiger partial charge in [-0.15, -0.1) is 0 Å². The first kappa shape index (κ1) is 22.2. The molecule has 4 aromatic rings. The number of nitrogens with zero attached hydrogens (tertiary/aromatic N) is 2. The predicted octanol–water partition coefficient (Wildman–Crippen LogP) is 5.82. The molecule has 0 spiro atoms. The van der Waals surface area contributed by atoms with Crippen LogP contribution in [0.3, 0.4) is 0 Å². The molecule has 0 bridgehead atoms. The number of carbonyl (C=O) groups is 2. The van der Waals surface area contributed by atoms with Crippen molar-refractivity contribution in [3.8, 4) is 0 Å². The van der Waals surface area contributed by atoms with Gasteiger partial charge in [0.15, 0.2) is 0 Å². The first-order valence-corrected chi connectivity index (χ1v) is 11.0. The number of benzene rings is 3. The van der Waals surface area contributed by atoms with Gasteiger partial charge in [0.2, 0.25) is 0 Å². The van der Waals surface area contributed by atoms with E-state index in [9.17, 15) is 9.59 Å². The third-order valence-electron chi connectivity index (χ3n) is 5.75. The molecule has 166 valence electrons. The van der Waals surface area contributed by atoms with E-state index in [1.54, 1.807) is 18.3 Å². The van der Waals surface area contributed by atoms with E-state index in [-0.39, 0.29) is 11.9 Å². The summed E-state index contributed by atoms with van der Waals surface area (Å²) in [7, 11) is 1.36. The van der Waals surface area contributed by atoms with Crippen molar-refractivity contribution in [2.24, 2.45) is 0 Å². The van der Waals surface area contributed by atoms with E-state index in [2.05, 4.69) is 11.9 Å². The largest absolute Gasteiger partial charge is 0.465 e. The van der Waals surface area contributed by atoms with Crippen molar-refractivity contribution in [3.63, 3.8) is 0 Å². The Labute approximate surface area is 193 Å². The Kier molecular flexibility index (Phi) is 6.79. The van der Waals surface area contributed by atoms with Crippen molar-refractivity contribution in [3.05, 3.63) is 113 Å². The summed E-state index contributed by atoms with van der Waals surface area (Å²) in [5.74, 6) is -0.504. The summed E-state index contributed by atoms with van der Waals surface area (Å²) in [6.45, 7) is 2.42. The average Bonchev–Trinajstić information content (AvgIpc) is 2.88. The number of hydrogen-bond acceptors (Lipinski definition) is 4. The molecule has 0 radical (unpaired) electrons. The Balaban J connectivity index is 1.74. The molecule has 0 saturated heterocycles. The van der Waals surface area contributed by atoms with Crippen molar-refractivity contribution in [2.45, 2.75) is 25.9 Å². The van der Waals surface area contributed by atoms with Crippen LogP contribution in [0.2, 0.25) is 0 Å². The zero-order valence-corrected chi connectivity index (χ0v) is 18.8. The fourth-order valence-electron chi connectivity index (χ4n) is 4.10. The Hall–Kier alpha value is -3.99. The molecule has 1 aromatic heterocycles. The maximum atomic E-state index is 13.8. The minimum Gasteiger partial charge on any atom is -0.465 e. The summed E-state index contributed by atoms with van der Waals surface area (Å²) in [4.78, 5) is 32.2. The fraction of sp³-hybridized carbons (Fsp3) is 0.179. The van der Waals surface area contributed by atoms with Crippen LogP contribution in [0.4, 0.5) is 0 Å². The molecular formula is C28H26N2O3. The monoisotopic (exact) mass is 438 g/mol. The van der Waals surface area contributed by atoms with Crippen molar-refractivity contribution < 1.29 is 14.3 Å². The lowest BCUT2D eigenvalue weighted by atomic mass is 10.00. The van der Waals surface area contributed by atoms with Crippen LogP contribution in [0.5, 0.6) is 0 Å². The molecule has 0 aliphatic heterocycles. The van der Waals surface area contributed by atoms with Crippen LogP contribution >= 0.6 is 0 Å². The summed E-state index contributed by atoms with van der Waals surface area (Å²) in [6.07, 6.45) is 2.38. The number of fused-ring (bicyclic) bond motifs is 1. The van der Waals surface area contributed by atoms with E-state index < -0.39 is 5.97 Å². The van der Waals surface area contributed by atoms with Crippen LogP contribution < -0.4 is 0 Å². The average molecular weight is 439 g/mol. The molecule has 0 N–H and O–H groups in total. The molecule has 0 aliphatic carbocycles. The van der Waals surface area contributed by atoms with Crippen LogP contribution in [-0.4, -0.2) is 28.9 Å². The van der Waals surface area contributed by atoms with Gasteiger partial charge in [0.1, 0.15) is 0 Å². The molecule has 0 aliphatic rings. The molecule has 4 rings (SSSR count). The van der Waals surface area contributed by atoms with Crippen LogP contribution in [0.15, 0.2) is 91.1 Å². The lowest BCUT2D eigenvalue weighted by Crippen LogP contribution is -2.34. The zero-order valence-electron chi connectivity index (χ0n) is 18.8. The van der Waals surface area contributed by atoms with E-state index in [1.807, 2.05) is 77.7 Å². The molecule has 1 atom stereocenters. The lowest BCUT2D eigenvalue weighted by molar-refractivity contribution is 0.0600. The summed E-state index contributed by atoms with van der Waals surface area (Å²) in [6, 6.07) is 26.7. The summed E-state index contributed by atoms with van der Waals surface area (Å²) < 4.78 is 4.86. The number of rotatable bonds is 7. The predicted molar refractivity (Wildman–Crippen MR) is 129 cm³/mol. The number of pyridine rings is 1. The second-order valence-electron chi connectivity index (χ2n) is 7.88. The van der Waals surface area contributed by atoms with Gasteiger partial charge in [-0.2, -0.15) is 0 Å². The van der Waals surface area contributed by atoms with Gasteiger partial charge in [-0.05, 0) is 41.8 Å². The number of esters is 1. The van der Waals surface area contributed by atoms with Gasteiger partial charge in [0.25, 0.3) is 5.91 Å². The number of methoxy groups -OCH3 is 1. The molecule has 5 nitrogen and oxygen atoms in total. The number of para-hydroxylation sites is 1. The van der Waals surface area contributed by atoms with E-state index in [4.69, 9.17) is 4.74 Å². The molecule has 5 heteroatoms. The van der Waals surface area contributed by atoms with E-state index in [0.29, 0.717) is 17.7 Å². The second kappa shape index (κ2) is 10.1. The van der Waals surface area contributed by atoms with Crippen LogP contribution in [0.25, 0.3) is 10.9 Å². The van der Waals surface area contributed by atoms with Gasteiger partial charge in [0.05, 0.1) is 29.8 Å². The fourth-order valence-corrected chi connectivity index (χ4v) is 4.10. The highest BCUT2D eigenvalue weighted by molar-refractivity contribution is 5.97. The Bertz CT molecular complexity index is 1270. The quantitative estimate of drug-likeness (QED) is 0.341. The van der Waals surface area contributed by atoms with Crippen LogP contribution in [0, 0.1) is 0 Å². The van der Waals surface area contributed by atoms with Gasteiger partial charge in [0, 0.05) is 18.1 Å². The van der Waals surface area contributed by atoms with Gasteiger partial charge < -0.3 is 9.64 Å². The highest BCUT2D eigenvalue weighted by Crippen LogP contribution is 2.28. The summed E-state index contributed by atoms with van der Waals surface area (Å²) >= 11 is 0. The molecule has 3 aromatic carbocycles. The number of hydrogen-bond donors (Lipinski definition) is 0. The molecule has 0 fully saturated rings. The summed E-state index contributed by atoms with van der Waals surface area (Å²) in [5, 5.41) is 0.920. The Morgan fingerprint density at radius 3 is 2.42 bits per heavy atom. The zero-order chi connectivity index (χ0) is 23.2. The van der Waals surface area contributed by atoms with E-state index in [1.165, 1.54) is 7.11 Å². The molecule has 1 amide bonds. The third kappa shape index (κ3) is 4.93. The first-order chi connectivity index (χ1) is 16.1. The molecule has 0 saturated carbocycles. The summed E-state index contributed by atoms with van der Waals surface area (Å²) in [5.41, 5.74) is 3.76. The van der Waals surface area contributed by atoms with E-state index in [0.717, 1.165) is 28.5 Å². The first-order valence-electron chi connectivity index (χ1n) is 11.0. The minimum atomic E-state index is -0.399. The molecule has 1 heterocycles. The van der Waals surface area contributed by atoms with Crippen LogP contribution in [0.1, 0.15) is 51.2 Å². The van der Waals surface area contributed by atoms with Crippen LogP contribution in [-0.2, 0) is 11.3 Å². The molecular weight excluding hydrogens is 412 g/mol. The lowest BCUT2D eigenvalue weighted by Gasteiger charge is -2.32. The highest BCUT2D eigenvalue weighted by Gasteiger charge is 2.26. The van der Waals surface area contributed by atoms with Crippen molar-refractivity contribution in [1.29, 1.82) is 0 Å². The van der Waals surface area contributed by atoms with Crippen molar-refractivity contribution >= 4 is 22.8 Å². The number of ether oxygens (including phenoxy) is 1. The standard InChI is InChI=1S/C28H26N2O3/c1-3-26(21-11-5-4-6-12-21)30(19-20-10-9-14-23(16-20)28(32)33-2)27(31)24-17-22-13-7-8-15-25(22)29-18-24/h4-18,26H,3,19H2,1-2H3. The third-order valence-corrected chi connectivity index (χ3v) is 5.75. The maximum absolute atomic E-state index is 13.8. The Morgan fingerprint density at radius 2 is 1.67 bits per heavy atom. The Morgan fingerprint density at radius 1 is 0.909 bits per heavy atom. The smallest absolute Gasteiger partial charge is 0.337 e. The number of carbonyl (C=O) groups excluding carboxylic acids is 2. The van der Waals surface area contributed by atoms with Crippen molar-refractivity contribution in [2.75, 3.05) is 7.11 Å². The minimum absolute atomic E-state index is 0.104. The SMILES string of the molecule is CCC(c1ccccc1)N(Cc1cccc(C(=O)OC)c1)C(=O)c1cnc2ccccc2c1. The van der Waals surface area contributed by atoms with Gasteiger partial charge in [-0.25, -0.2) is 4.79 Å². The normalized spacial score (nSPS) is 11.7.